The molecule has 0 aromatic carbocycles. The standard InChI is InChI=1S/C11H23NO2S/c1-3-15(13,14)9-7-10(2)6-8-12-11-4-5-11/h10-12H,3-9H2,1-2H3. The van der Waals surface area contributed by atoms with Crippen LogP contribution in [-0.4, -0.2) is 32.5 Å². The van der Waals surface area contributed by atoms with Gasteiger partial charge in [0.05, 0.1) is 5.75 Å². The largest absolute Gasteiger partial charge is 0.314 e. The van der Waals surface area contributed by atoms with Gasteiger partial charge in [0.15, 0.2) is 0 Å². The quantitative estimate of drug-likeness (QED) is 0.692. The molecule has 0 saturated heterocycles. The van der Waals surface area contributed by atoms with E-state index in [2.05, 4.69) is 12.2 Å². The molecule has 0 aromatic rings. The fourth-order valence-corrected chi connectivity index (χ4v) is 2.54. The van der Waals surface area contributed by atoms with Crippen molar-refractivity contribution in [1.82, 2.24) is 5.32 Å². The van der Waals surface area contributed by atoms with Gasteiger partial charge in [-0.1, -0.05) is 13.8 Å². The lowest BCUT2D eigenvalue weighted by atomic mass is 10.1. The zero-order valence-electron chi connectivity index (χ0n) is 9.83. The second-order valence-corrected chi connectivity index (χ2v) is 7.12. The van der Waals surface area contributed by atoms with Crippen molar-refractivity contribution < 1.29 is 8.42 Å². The van der Waals surface area contributed by atoms with E-state index >= 15 is 0 Å². The van der Waals surface area contributed by atoms with Crippen molar-refractivity contribution >= 4 is 9.84 Å². The Labute approximate surface area is 93.6 Å². The van der Waals surface area contributed by atoms with E-state index in [1.54, 1.807) is 6.92 Å². The maximum Gasteiger partial charge on any atom is 0.150 e. The predicted molar refractivity (Wildman–Crippen MR) is 63.8 cm³/mol. The van der Waals surface area contributed by atoms with Crippen molar-refractivity contribution in [3.63, 3.8) is 0 Å². The van der Waals surface area contributed by atoms with Crippen LogP contribution in [0.5, 0.6) is 0 Å². The van der Waals surface area contributed by atoms with Crippen LogP contribution >= 0.6 is 0 Å². The fourth-order valence-electron chi connectivity index (χ4n) is 1.49. The minimum atomic E-state index is -2.76. The van der Waals surface area contributed by atoms with Gasteiger partial charge in [0.25, 0.3) is 0 Å². The molecule has 4 heteroatoms. The summed E-state index contributed by atoms with van der Waals surface area (Å²) in [6.07, 6.45) is 4.54. The van der Waals surface area contributed by atoms with Crippen LogP contribution in [0.15, 0.2) is 0 Å². The summed E-state index contributed by atoms with van der Waals surface area (Å²) in [5.41, 5.74) is 0. The summed E-state index contributed by atoms with van der Waals surface area (Å²) in [6.45, 7) is 4.90. The number of hydrogen-bond acceptors (Lipinski definition) is 3. The molecule has 0 spiro atoms. The molecule has 3 nitrogen and oxygen atoms in total. The van der Waals surface area contributed by atoms with Gasteiger partial charge in [-0.15, -0.1) is 0 Å². The lowest BCUT2D eigenvalue weighted by molar-refractivity contribution is 0.484. The van der Waals surface area contributed by atoms with Gasteiger partial charge in [-0.25, -0.2) is 8.42 Å². The molecular formula is C11H23NO2S. The summed E-state index contributed by atoms with van der Waals surface area (Å²) >= 11 is 0. The summed E-state index contributed by atoms with van der Waals surface area (Å²) in [4.78, 5) is 0. The molecule has 1 N–H and O–H groups in total. The second kappa shape index (κ2) is 5.85. The smallest absolute Gasteiger partial charge is 0.150 e. The molecule has 0 aliphatic heterocycles. The lowest BCUT2D eigenvalue weighted by Crippen LogP contribution is -2.20. The number of hydrogen-bond donors (Lipinski definition) is 1. The van der Waals surface area contributed by atoms with E-state index in [9.17, 15) is 8.42 Å². The molecule has 1 rings (SSSR count). The molecule has 1 unspecified atom stereocenters. The van der Waals surface area contributed by atoms with Crippen molar-refractivity contribution in [2.24, 2.45) is 5.92 Å². The van der Waals surface area contributed by atoms with Crippen LogP contribution in [0.3, 0.4) is 0 Å². The molecule has 90 valence electrons. The van der Waals surface area contributed by atoms with Crippen LogP contribution in [-0.2, 0) is 9.84 Å². The van der Waals surface area contributed by atoms with Gasteiger partial charge < -0.3 is 5.32 Å². The zero-order chi connectivity index (χ0) is 11.3. The Hall–Kier alpha value is -0.0900. The fraction of sp³-hybridized carbons (Fsp3) is 1.00. The Balaban J connectivity index is 2.04. The molecule has 0 radical (unpaired) electrons. The molecule has 1 saturated carbocycles. The van der Waals surface area contributed by atoms with E-state index in [0.29, 0.717) is 11.7 Å². The van der Waals surface area contributed by atoms with Crippen LogP contribution in [0.25, 0.3) is 0 Å². The monoisotopic (exact) mass is 233 g/mol. The van der Waals surface area contributed by atoms with E-state index in [1.165, 1.54) is 12.8 Å². The highest BCUT2D eigenvalue weighted by Crippen LogP contribution is 2.19. The van der Waals surface area contributed by atoms with Gasteiger partial charge in [0.1, 0.15) is 9.84 Å². The molecule has 1 aliphatic carbocycles. The van der Waals surface area contributed by atoms with Gasteiger partial charge in [0, 0.05) is 11.8 Å². The third kappa shape index (κ3) is 6.15. The molecule has 1 aliphatic rings. The molecule has 1 atom stereocenters. The number of sulfone groups is 1. The Bertz CT molecular complexity index is 270. The van der Waals surface area contributed by atoms with Crippen molar-refractivity contribution in [3.8, 4) is 0 Å². The van der Waals surface area contributed by atoms with Crippen LogP contribution in [0.4, 0.5) is 0 Å². The average Bonchev–Trinajstić information content (AvgIpc) is 2.99. The molecule has 15 heavy (non-hydrogen) atoms. The van der Waals surface area contributed by atoms with Crippen LogP contribution in [0, 0.1) is 5.92 Å². The van der Waals surface area contributed by atoms with Crippen molar-refractivity contribution in [2.45, 2.75) is 45.6 Å². The Morgan fingerprint density at radius 1 is 1.33 bits per heavy atom. The summed E-state index contributed by atoms with van der Waals surface area (Å²) < 4.78 is 22.6. The van der Waals surface area contributed by atoms with Crippen LogP contribution in [0.1, 0.15) is 39.5 Å². The highest BCUT2D eigenvalue weighted by atomic mass is 32.2. The summed E-state index contributed by atoms with van der Waals surface area (Å²) in [5.74, 6) is 1.14. The second-order valence-electron chi connectivity index (χ2n) is 4.65. The molecule has 0 heterocycles. The van der Waals surface area contributed by atoms with E-state index in [0.717, 1.165) is 25.4 Å². The minimum Gasteiger partial charge on any atom is -0.314 e. The first-order valence-electron chi connectivity index (χ1n) is 5.97. The predicted octanol–water partition coefficient (Wildman–Crippen LogP) is 1.59. The Morgan fingerprint density at radius 2 is 2.00 bits per heavy atom. The normalized spacial score (nSPS) is 19.1. The zero-order valence-corrected chi connectivity index (χ0v) is 10.6. The third-order valence-electron chi connectivity index (χ3n) is 3.01. The molecule has 1 fully saturated rings. The number of rotatable bonds is 8. The van der Waals surface area contributed by atoms with E-state index < -0.39 is 9.84 Å². The van der Waals surface area contributed by atoms with E-state index in [4.69, 9.17) is 0 Å². The maximum atomic E-state index is 11.3. The Kier molecular flexibility index (Phi) is 5.06. The van der Waals surface area contributed by atoms with Gasteiger partial charge in [-0.2, -0.15) is 0 Å². The first kappa shape index (κ1) is 13.0. The van der Waals surface area contributed by atoms with Gasteiger partial charge in [-0.3, -0.25) is 0 Å². The van der Waals surface area contributed by atoms with Crippen molar-refractivity contribution in [1.29, 1.82) is 0 Å². The summed E-state index contributed by atoms with van der Waals surface area (Å²) in [5, 5.41) is 3.45. The third-order valence-corrected chi connectivity index (χ3v) is 4.75. The maximum absolute atomic E-state index is 11.3. The average molecular weight is 233 g/mol. The minimum absolute atomic E-state index is 0.278. The first-order valence-corrected chi connectivity index (χ1v) is 7.79. The Morgan fingerprint density at radius 3 is 2.53 bits per heavy atom. The SMILES string of the molecule is CCS(=O)(=O)CCC(C)CCNC1CC1. The van der Waals surface area contributed by atoms with E-state index in [-0.39, 0.29) is 5.75 Å². The van der Waals surface area contributed by atoms with E-state index in [1.807, 2.05) is 0 Å². The summed E-state index contributed by atoms with van der Waals surface area (Å²) in [7, 11) is -2.76. The number of nitrogens with one attached hydrogen (secondary N) is 1. The van der Waals surface area contributed by atoms with Crippen molar-refractivity contribution in [2.75, 3.05) is 18.1 Å². The van der Waals surface area contributed by atoms with Gasteiger partial charge in [-0.05, 0) is 38.1 Å². The lowest BCUT2D eigenvalue weighted by Gasteiger charge is -2.11. The first-order chi connectivity index (χ1) is 7.03. The van der Waals surface area contributed by atoms with Crippen LogP contribution < -0.4 is 5.32 Å². The van der Waals surface area contributed by atoms with Crippen LogP contribution in [0.2, 0.25) is 0 Å². The molecule has 0 amide bonds. The molecule has 0 aromatic heterocycles. The molecular weight excluding hydrogens is 210 g/mol. The summed E-state index contributed by atoms with van der Waals surface area (Å²) in [6, 6.07) is 0.761. The highest BCUT2D eigenvalue weighted by molar-refractivity contribution is 7.91. The molecule has 0 bridgehead atoms. The van der Waals surface area contributed by atoms with Gasteiger partial charge in [0.2, 0.25) is 0 Å². The van der Waals surface area contributed by atoms with Gasteiger partial charge >= 0.3 is 0 Å². The highest BCUT2D eigenvalue weighted by Gasteiger charge is 2.20. The topological polar surface area (TPSA) is 46.2 Å². The van der Waals surface area contributed by atoms with Crippen molar-refractivity contribution in [3.05, 3.63) is 0 Å².